The number of hydrogen-bond acceptors (Lipinski definition) is 2. The second-order valence-corrected chi connectivity index (χ2v) is 3.27. The van der Waals surface area contributed by atoms with Crippen LogP contribution in [0.1, 0.15) is 12.0 Å². The minimum Gasteiger partial charge on any atom is -0.495 e. The monoisotopic (exact) mass is 199 g/mol. The molecule has 0 fully saturated rings. The largest absolute Gasteiger partial charge is 0.495 e. The fourth-order valence-corrected chi connectivity index (χ4v) is 1.36. The topological polar surface area (TPSA) is 35.2 Å². The molecule has 1 aromatic rings. The third-order valence-electron chi connectivity index (χ3n) is 1.89. The molecule has 2 nitrogen and oxygen atoms in total. The molecule has 0 bridgehead atoms. The van der Waals surface area contributed by atoms with E-state index in [0.717, 1.165) is 18.6 Å². The van der Waals surface area contributed by atoms with Gasteiger partial charge in [0.15, 0.2) is 0 Å². The molecule has 0 saturated heterocycles. The van der Waals surface area contributed by atoms with Crippen LogP contribution in [-0.2, 0) is 6.42 Å². The van der Waals surface area contributed by atoms with E-state index in [1.54, 1.807) is 7.11 Å². The molecule has 0 amide bonds. The van der Waals surface area contributed by atoms with E-state index in [1.807, 2.05) is 18.2 Å². The molecule has 0 heterocycles. The first-order valence-corrected chi connectivity index (χ1v) is 4.68. The Hall–Kier alpha value is -0.730. The summed E-state index contributed by atoms with van der Waals surface area (Å²) in [5.41, 5.74) is 6.63. The van der Waals surface area contributed by atoms with Crippen molar-refractivity contribution >= 4 is 11.6 Å². The normalized spacial score (nSPS) is 10.1. The van der Waals surface area contributed by atoms with Crippen molar-refractivity contribution in [2.75, 3.05) is 13.7 Å². The molecule has 2 N–H and O–H groups in total. The molecule has 3 heteroatoms. The zero-order valence-electron chi connectivity index (χ0n) is 7.72. The molecule has 0 aliphatic heterocycles. The first-order chi connectivity index (χ1) is 6.27. The average molecular weight is 200 g/mol. The number of rotatable bonds is 4. The van der Waals surface area contributed by atoms with Gasteiger partial charge < -0.3 is 10.5 Å². The molecular weight excluding hydrogens is 186 g/mol. The summed E-state index contributed by atoms with van der Waals surface area (Å²) in [5, 5.41) is 0.652. The Kier molecular flexibility index (Phi) is 4.06. The van der Waals surface area contributed by atoms with E-state index in [1.165, 1.54) is 5.56 Å². The smallest absolute Gasteiger partial charge is 0.137 e. The van der Waals surface area contributed by atoms with Crippen molar-refractivity contribution in [3.8, 4) is 5.75 Å². The van der Waals surface area contributed by atoms with Crippen molar-refractivity contribution in [3.63, 3.8) is 0 Å². The van der Waals surface area contributed by atoms with Crippen LogP contribution >= 0.6 is 11.6 Å². The van der Waals surface area contributed by atoms with Gasteiger partial charge in [-0.3, -0.25) is 0 Å². The van der Waals surface area contributed by atoms with E-state index in [4.69, 9.17) is 22.1 Å². The number of benzene rings is 1. The predicted octanol–water partition coefficient (Wildman–Crippen LogP) is 2.24. The molecular formula is C10H14ClNO. The Balaban J connectivity index is 2.74. The molecule has 0 aliphatic carbocycles. The Labute approximate surface area is 83.6 Å². The lowest BCUT2D eigenvalue weighted by Gasteiger charge is -2.05. The molecule has 1 rings (SSSR count). The maximum Gasteiger partial charge on any atom is 0.137 e. The van der Waals surface area contributed by atoms with Crippen molar-refractivity contribution in [2.24, 2.45) is 5.73 Å². The van der Waals surface area contributed by atoms with Crippen LogP contribution in [0.3, 0.4) is 0 Å². The van der Waals surface area contributed by atoms with Gasteiger partial charge in [0.2, 0.25) is 0 Å². The lowest BCUT2D eigenvalue weighted by atomic mass is 10.1. The van der Waals surface area contributed by atoms with Gasteiger partial charge in [-0.15, -0.1) is 0 Å². The number of methoxy groups -OCH3 is 1. The van der Waals surface area contributed by atoms with Crippen LogP contribution < -0.4 is 10.5 Å². The summed E-state index contributed by atoms with van der Waals surface area (Å²) in [6, 6.07) is 5.81. The lowest BCUT2D eigenvalue weighted by molar-refractivity contribution is 0.414. The van der Waals surface area contributed by atoms with Crippen LogP contribution in [0.5, 0.6) is 5.75 Å². The number of aryl methyl sites for hydroxylation is 1. The molecule has 0 spiro atoms. The van der Waals surface area contributed by atoms with Gasteiger partial charge in [-0.05, 0) is 37.1 Å². The first kappa shape index (κ1) is 10.4. The van der Waals surface area contributed by atoms with Gasteiger partial charge in [0.05, 0.1) is 12.1 Å². The van der Waals surface area contributed by atoms with Gasteiger partial charge in [0, 0.05) is 0 Å². The first-order valence-electron chi connectivity index (χ1n) is 4.30. The highest BCUT2D eigenvalue weighted by molar-refractivity contribution is 6.32. The van der Waals surface area contributed by atoms with Gasteiger partial charge >= 0.3 is 0 Å². The number of ether oxygens (including phenoxy) is 1. The summed E-state index contributed by atoms with van der Waals surface area (Å²) in [4.78, 5) is 0. The summed E-state index contributed by atoms with van der Waals surface area (Å²) >= 11 is 5.88. The second-order valence-electron chi connectivity index (χ2n) is 2.86. The van der Waals surface area contributed by atoms with Crippen molar-refractivity contribution < 1.29 is 4.74 Å². The quantitative estimate of drug-likeness (QED) is 0.808. The Morgan fingerprint density at radius 2 is 2.23 bits per heavy atom. The number of hydrogen-bond donors (Lipinski definition) is 1. The van der Waals surface area contributed by atoms with Gasteiger partial charge in [-0.1, -0.05) is 17.7 Å². The minimum atomic E-state index is 0.652. The van der Waals surface area contributed by atoms with Gasteiger partial charge in [-0.2, -0.15) is 0 Å². The SMILES string of the molecule is COc1cc(CCCN)ccc1Cl. The third-order valence-corrected chi connectivity index (χ3v) is 2.20. The van der Waals surface area contributed by atoms with E-state index in [-0.39, 0.29) is 0 Å². The molecule has 0 aliphatic rings. The summed E-state index contributed by atoms with van der Waals surface area (Å²) in [7, 11) is 1.62. The van der Waals surface area contributed by atoms with Crippen molar-refractivity contribution in [3.05, 3.63) is 28.8 Å². The van der Waals surface area contributed by atoms with Crippen molar-refractivity contribution in [1.82, 2.24) is 0 Å². The van der Waals surface area contributed by atoms with Crippen LogP contribution in [0.25, 0.3) is 0 Å². The van der Waals surface area contributed by atoms with Gasteiger partial charge in [-0.25, -0.2) is 0 Å². The second kappa shape index (κ2) is 5.10. The molecule has 0 unspecified atom stereocenters. The highest BCUT2D eigenvalue weighted by Crippen LogP contribution is 2.25. The van der Waals surface area contributed by atoms with Gasteiger partial charge in [0.1, 0.15) is 5.75 Å². The average Bonchev–Trinajstić information content (AvgIpc) is 2.16. The molecule has 72 valence electrons. The fourth-order valence-electron chi connectivity index (χ4n) is 1.17. The Morgan fingerprint density at radius 1 is 1.46 bits per heavy atom. The van der Waals surface area contributed by atoms with Crippen LogP contribution in [0.4, 0.5) is 0 Å². The summed E-state index contributed by atoms with van der Waals surface area (Å²) in [6.45, 7) is 0.713. The van der Waals surface area contributed by atoms with Crippen molar-refractivity contribution in [1.29, 1.82) is 0 Å². The molecule has 0 saturated carbocycles. The third kappa shape index (κ3) is 2.90. The Morgan fingerprint density at radius 3 is 2.85 bits per heavy atom. The van der Waals surface area contributed by atoms with Crippen LogP contribution in [0.15, 0.2) is 18.2 Å². The van der Waals surface area contributed by atoms with Gasteiger partial charge in [0.25, 0.3) is 0 Å². The summed E-state index contributed by atoms with van der Waals surface area (Å²) in [5.74, 6) is 0.733. The number of halogens is 1. The van der Waals surface area contributed by atoms with E-state index in [0.29, 0.717) is 11.6 Å². The van der Waals surface area contributed by atoms with Crippen molar-refractivity contribution in [2.45, 2.75) is 12.8 Å². The molecule has 13 heavy (non-hydrogen) atoms. The van der Waals surface area contributed by atoms with E-state index < -0.39 is 0 Å². The zero-order chi connectivity index (χ0) is 9.68. The van der Waals surface area contributed by atoms with E-state index in [2.05, 4.69) is 0 Å². The standard InChI is InChI=1S/C10H14ClNO/c1-13-10-7-8(3-2-6-12)4-5-9(10)11/h4-5,7H,2-3,6,12H2,1H3. The minimum absolute atomic E-state index is 0.652. The van der Waals surface area contributed by atoms with Crippen LogP contribution in [0.2, 0.25) is 5.02 Å². The summed E-state index contributed by atoms with van der Waals surface area (Å²) in [6.07, 6.45) is 1.97. The maximum atomic E-state index is 5.88. The van der Waals surface area contributed by atoms with Crippen LogP contribution in [-0.4, -0.2) is 13.7 Å². The Bertz CT molecular complexity index is 276. The molecule has 1 aromatic carbocycles. The van der Waals surface area contributed by atoms with E-state index in [9.17, 15) is 0 Å². The zero-order valence-corrected chi connectivity index (χ0v) is 8.47. The molecule has 0 radical (unpaired) electrons. The number of nitrogens with two attached hydrogens (primary N) is 1. The summed E-state index contributed by atoms with van der Waals surface area (Å²) < 4.78 is 5.10. The molecule has 0 atom stereocenters. The van der Waals surface area contributed by atoms with Crippen LogP contribution in [0, 0.1) is 0 Å². The van der Waals surface area contributed by atoms with E-state index >= 15 is 0 Å². The molecule has 0 aromatic heterocycles. The highest BCUT2D eigenvalue weighted by Gasteiger charge is 2.00. The predicted molar refractivity (Wildman–Crippen MR) is 55.4 cm³/mol. The highest BCUT2D eigenvalue weighted by atomic mass is 35.5. The fraction of sp³-hybridized carbons (Fsp3) is 0.400. The maximum absolute atomic E-state index is 5.88. The lowest BCUT2D eigenvalue weighted by Crippen LogP contribution is -2.00.